The van der Waals surface area contributed by atoms with E-state index in [1.807, 2.05) is 4.72 Å². The summed E-state index contributed by atoms with van der Waals surface area (Å²) in [4.78, 5) is 11.2. The van der Waals surface area contributed by atoms with Crippen LogP contribution in [0.15, 0.2) is 30.3 Å². The Morgan fingerprint density at radius 3 is 2.12 bits per heavy atom. The molecule has 0 aliphatic carbocycles. The molecule has 1 aromatic carbocycles. The molecule has 1 amide bonds. The second-order valence-electron chi connectivity index (χ2n) is 2.29. The van der Waals surface area contributed by atoms with E-state index in [2.05, 4.69) is 0 Å². The quantitative estimate of drug-likeness (QED) is 0.334. The topological polar surface area (TPSA) is 92.3 Å². The summed E-state index contributed by atoms with van der Waals surface area (Å²) >= 11 is 0. The van der Waals surface area contributed by atoms with Crippen molar-refractivity contribution in [1.82, 2.24) is 4.72 Å². The van der Waals surface area contributed by atoms with Crippen molar-refractivity contribution < 1.29 is 121 Å². The molecule has 16 heavy (non-hydrogen) atoms. The monoisotopic (exact) mass is 310 g/mol. The Morgan fingerprint density at radius 1 is 1.19 bits per heavy atom. The molecule has 76 valence electrons. The van der Waals surface area contributed by atoms with E-state index in [1.54, 1.807) is 18.2 Å². The summed E-state index contributed by atoms with van der Waals surface area (Å²) in [5.74, 6) is -0.616. The van der Waals surface area contributed by atoms with E-state index in [0.717, 1.165) is 0 Å². The van der Waals surface area contributed by atoms with E-state index in [9.17, 15) is 18.1 Å². The van der Waals surface area contributed by atoms with Crippen LogP contribution in [0.2, 0.25) is 0 Å². The normalized spacial score (nSPS) is 9.38. The van der Waals surface area contributed by atoms with Gasteiger partial charge in [0.2, 0.25) is 0 Å². The second-order valence-corrected chi connectivity index (χ2v) is 5.20. The van der Waals surface area contributed by atoms with Gasteiger partial charge in [-0.1, -0.05) is 22.9 Å². The molecule has 0 aromatic heterocycles. The first-order chi connectivity index (χ1) is 6.49. The van der Waals surface area contributed by atoms with Crippen molar-refractivity contribution in [3.63, 3.8) is 0 Å². The van der Waals surface area contributed by atoms with Crippen molar-refractivity contribution in [3.8, 4) is 0 Å². The maximum Gasteiger partial charge on any atom is 1.00 e. The third kappa shape index (κ3) is 9.22. The third-order valence-corrected chi connectivity index (χ3v) is 2.61. The molecule has 0 radical (unpaired) electrons. The van der Waals surface area contributed by atoms with Gasteiger partial charge in [-0.05, 0) is 12.1 Å². The maximum atomic E-state index is 11.2. The Morgan fingerprint density at radius 2 is 1.69 bits per heavy atom. The molecule has 1 N–H and O–H groups in total. The van der Waals surface area contributed by atoms with E-state index in [1.165, 1.54) is 12.1 Å². The molecule has 0 heterocycles. The fraction of sp³-hybridized carbons (Fsp3) is 0. The summed E-state index contributed by atoms with van der Waals surface area (Å²) in [5.41, 5.74) is 0.295. The van der Waals surface area contributed by atoms with Crippen LogP contribution in [0, 0.1) is 0 Å². The van der Waals surface area contributed by atoms with Crippen LogP contribution >= 0.6 is 0 Å². The molecule has 0 bridgehead atoms. The number of hydrogen-bond donors (Lipinski definition) is 1. The Kier molecular flexibility index (Phi) is 13.0. The van der Waals surface area contributed by atoms with E-state index >= 15 is 0 Å². The van der Waals surface area contributed by atoms with Gasteiger partial charge in [0, 0.05) is 5.56 Å². The van der Waals surface area contributed by atoms with Crippen LogP contribution in [0.3, 0.4) is 0 Å². The van der Waals surface area contributed by atoms with Gasteiger partial charge in [0.15, 0.2) is 0 Å². The summed E-state index contributed by atoms with van der Waals surface area (Å²) in [6.45, 7) is 0. The molecule has 0 aliphatic rings. The molecule has 0 saturated heterocycles. The molecule has 0 saturated carbocycles. The van der Waals surface area contributed by atoms with Gasteiger partial charge in [-0.3, -0.25) is 4.79 Å². The van der Waals surface area contributed by atoms with Gasteiger partial charge in [0.25, 0.3) is 0 Å². The van der Waals surface area contributed by atoms with Gasteiger partial charge in [-0.2, -0.15) is 0 Å². The van der Waals surface area contributed by atoms with Crippen LogP contribution in [-0.4, -0.2) is 19.2 Å². The predicted octanol–water partition coefficient (Wildman–Crippen LogP) is -6.12. The average molecular weight is 310 g/mol. The number of carbonyl (C=O) groups is 1. The van der Waals surface area contributed by atoms with Crippen LogP contribution in [-0.2, 0) is 19.6 Å². The number of rotatable bonds is 2. The molecule has 0 aliphatic heterocycles. The fourth-order valence-corrected chi connectivity index (χ4v) is 1.57. The van der Waals surface area contributed by atoms with Gasteiger partial charge in [0.05, 0.1) is 0 Å². The molecule has 1 aromatic rings. The minimum absolute atomic E-state index is 0. The molecule has 9 heteroatoms. The van der Waals surface area contributed by atoms with Crippen molar-refractivity contribution in [2.75, 3.05) is 0 Å². The summed E-state index contributed by atoms with van der Waals surface area (Å²) in [5, 5.41) is 0. The first-order valence-electron chi connectivity index (χ1n) is 3.49. The molecule has 0 fully saturated rings. The zero-order valence-corrected chi connectivity index (χ0v) is 16.7. The second kappa shape index (κ2) is 10.1. The molecule has 0 unspecified atom stereocenters. The van der Waals surface area contributed by atoms with E-state index in [0.29, 0.717) is 5.56 Å². The van der Waals surface area contributed by atoms with Crippen molar-refractivity contribution >= 4 is 25.5 Å². The number of benzene rings is 1. The molecular formula is C7H6K2NO4S2+. The molecule has 0 atom stereocenters. The molecule has 1 rings (SSSR count). The Balaban J connectivity index is 0. The van der Waals surface area contributed by atoms with Gasteiger partial charge in [0.1, 0.15) is 9.05 Å². The van der Waals surface area contributed by atoms with Crippen LogP contribution in [0.1, 0.15) is 10.4 Å². The van der Waals surface area contributed by atoms with Crippen LogP contribution < -0.4 is 107 Å². The van der Waals surface area contributed by atoms with Crippen LogP contribution in [0.5, 0.6) is 0 Å². The number of amides is 1. The van der Waals surface area contributed by atoms with Gasteiger partial charge in [-0.25, -0.2) is 4.21 Å². The first-order valence-corrected chi connectivity index (χ1v) is 6.23. The van der Waals surface area contributed by atoms with Gasteiger partial charge < -0.3 is 9.11 Å². The summed E-state index contributed by atoms with van der Waals surface area (Å²) in [6, 6.07) is 7.99. The van der Waals surface area contributed by atoms with Gasteiger partial charge >= 0.3 is 119 Å². The van der Waals surface area contributed by atoms with Crippen LogP contribution in [0.25, 0.3) is 0 Å². The summed E-state index contributed by atoms with van der Waals surface area (Å²) in [7, 11) is -4.64. The number of carbonyl (C=O) groups excluding carboxylic acids is 1. The number of hydrogen-bond acceptors (Lipinski definition) is 4. The Bertz CT molecular complexity index is 437. The summed E-state index contributed by atoms with van der Waals surface area (Å²) in [6.07, 6.45) is 0. The first kappa shape index (κ1) is 20.6. The minimum Gasteiger partial charge on any atom is -0.744 e. The zero-order valence-electron chi connectivity index (χ0n) is 8.84. The average Bonchev–Trinajstić information content (AvgIpc) is 2.14. The minimum atomic E-state index is -4.49. The van der Waals surface area contributed by atoms with Crippen molar-refractivity contribution in [2.24, 2.45) is 0 Å². The zero-order chi connectivity index (χ0) is 10.6. The predicted molar refractivity (Wildman–Crippen MR) is 51.0 cm³/mol. The number of nitrogens with one attached hydrogen (secondary N) is 1. The smallest absolute Gasteiger partial charge is 0.744 e. The van der Waals surface area contributed by atoms with E-state index in [-0.39, 0.29) is 113 Å². The van der Waals surface area contributed by atoms with Crippen LogP contribution in [0.4, 0.5) is 0 Å². The van der Waals surface area contributed by atoms with Crippen molar-refractivity contribution in [1.29, 1.82) is 0 Å². The Hall–Kier alpha value is 2.25. The Labute approximate surface area is 182 Å². The molecular weight excluding hydrogens is 304 g/mol. The SMILES string of the molecule is O=C(N[S+]=S(=O)([O-])[O-])c1ccccc1.[K+].[K+]. The van der Waals surface area contributed by atoms with Gasteiger partial charge in [-0.15, -0.1) is 0 Å². The fourth-order valence-electron chi connectivity index (χ4n) is 0.737. The summed E-state index contributed by atoms with van der Waals surface area (Å²) < 4.78 is 32.4. The van der Waals surface area contributed by atoms with Crippen molar-refractivity contribution in [3.05, 3.63) is 35.9 Å². The van der Waals surface area contributed by atoms with E-state index < -0.39 is 15.0 Å². The largest absolute Gasteiger partial charge is 1.00 e. The molecule has 0 spiro atoms. The molecule has 5 nitrogen and oxygen atoms in total. The standard InChI is InChI=1S/C7H7NO4S2.2K/c9-7(8-13-14(10,11)12)6-4-2-1-3-5-6;;/h1-5H,(H2-,8,9,10,11,12);;/q;2*+1/p-1. The maximum absolute atomic E-state index is 11.2. The third-order valence-electron chi connectivity index (χ3n) is 1.27. The van der Waals surface area contributed by atoms with Crippen molar-refractivity contribution in [2.45, 2.75) is 0 Å². The van der Waals surface area contributed by atoms with E-state index in [4.69, 9.17) is 0 Å².